The molecule has 1 aliphatic rings. The van der Waals surface area contributed by atoms with Crippen LogP contribution in [-0.4, -0.2) is 93.1 Å². The molecule has 12 heteroatoms. The molecule has 1 aliphatic heterocycles. The van der Waals surface area contributed by atoms with Crippen LogP contribution < -0.4 is 16.4 Å². The number of aliphatic hydroxyl groups is 2. The lowest BCUT2D eigenvalue weighted by atomic mass is 10.1. The molecule has 1 saturated heterocycles. The van der Waals surface area contributed by atoms with Crippen LogP contribution in [0.3, 0.4) is 0 Å². The second-order valence-corrected chi connectivity index (χ2v) is 6.65. The van der Waals surface area contributed by atoms with Gasteiger partial charge in [0, 0.05) is 12.3 Å². The highest BCUT2D eigenvalue weighted by molar-refractivity contribution is 7.80. The minimum atomic E-state index is -1.36. The molecule has 0 bridgehead atoms. The Morgan fingerprint density at radius 2 is 1.93 bits per heavy atom. The van der Waals surface area contributed by atoms with Crippen molar-refractivity contribution in [3.8, 4) is 0 Å². The van der Waals surface area contributed by atoms with E-state index in [0.29, 0.717) is 12.8 Å². The summed E-state index contributed by atoms with van der Waals surface area (Å²) in [6.45, 7) is 0.863. The molecule has 0 saturated carbocycles. The van der Waals surface area contributed by atoms with E-state index in [1.165, 1.54) is 11.8 Å². The third kappa shape index (κ3) is 6.06. The molecule has 0 aromatic rings. The van der Waals surface area contributed by atoms with Gasteiger partial charge in [-0.3, -0.25) is 14.4 Å². The number of nitrogens with two attached hydrogens (primary N) is 1. The van der Waals surface area contributed by atoms with Gasteiger partial charge in [-0.1, -0.05) is 0 Å². The average Bonchev–Trinajstić information content (AvgIpc) is 3.11. The Kier molecular flexibility index (Phi) is 8.96. The van der Waals surface area contributed by atoms with Gasteiger partial charge in [0.25, 0.3) is 0 Å². The molecular formula is C15H26N4O7S. The van der Waals surface area contributed by atoms with Crippen LogP contribution in [0, 0.1) is 0 Å². The van der Waals surface area contributed by atoms with Crippen LogP contribution in [0.15, 0.2) is 0 Å². The van der Waals surface area contributed by atoms with Gasteiger partial charge in [-0.2, -0.15) is 12.6 Å². The summed E-state index contributed by atoms with van der Waals surface area (Å²) in [5.74, 6) is -3.53. The predicted octanol–water partition coefficient (Wildman–Crippen LogP) is -3.34. The summed E-state index contributed by atoms with van der Waals surface area (Å²) >= 11 is 3.87. The summed E-state index contributed by atoms with van der Waals surface area (Å²) in [6.07, 6.45) is -0.465. The van der Waals surface area contributed by atoms with Crippen LogP contribution in [0.5, 0.6) is 0 Å². The van der Waals surface area contributed by atoms with Crippen molar-refractivity contribution in [2.24, 2.45) is 5.73 Å². The maximum atomic E-state index is 12.8. The number of rotatable bonds is 9. The zero-order valence-electron chi connectivity index (χ0n) is 14.9. The largest absolute Gasteiger partial charge is 0.480 e. The highest BCUT2D eigenvalue weighted by Crippen LogP contribution is 2.19. The van der Waals surface area contributed by atoms with Gasteiger partial charge >= 0.3 is 5.97 Å². The number of carbonyl (C=O) groups is 4. The molecule has 0 spiro atoms. The molecular weight excluding hydrogens is 380 g/mol. The molecule has 1 rings (SSSR count). The van der Waals surface area contributed by atoms with Crippen LogP contribution >= 0.6 is 12.6 Å². The minimum Gasteiger partial charge on any atom is -0.480 e. The Morgan fingerprint density at radius 3 is 2.41 bits per heavy atom. The Morgan fingerprint density at radius 1 is 1.30 bits per heavy atom. The van der Waals surface area contributed by atoms with Crippen molar-refractivity contribution in [3.63, 3.8) is 0 Å². The lowest BCUT2D eigenvalue weighted by Gasteiger charge is -2.30. The van der Waals surface area contributed by atoms with E-state index < -0.39 is 60.6 Å². The van der Waals surface area contributed by atoms with E-state index in [1.54, 1.807) is 0 Å². The van der Waals surface area contributed by atoms with Crippen LogP contribution in [-0.2, 0) is 19.2 Å². The molecule has 5 atom stereocenters. The fraction of sp³-hybridized carbons (Fsp3) is 0.733. The first-order valence-corrected chi connectivity index (χ1v) is 9.06. The number of amides is 3. The van der Waals surface area contributed by atoms with E-state index in [0.717, 1.165) is 0 Å². The number of aliphatic carboxylic acids is 1. The molecule has 3 amide bonds. The fourth-order valence-corrected chi connectivity index (χ4v) is 2.91. The number of nitrogens with zero attached hydrogens (tertiary/aromatic N) is 1. The number of hydrogen-bond acceptors (Lipinski definition) is 8. The summed E-state index contributed by atoms with van der Waals surface area (Å²) in [6, 6.07) is -4.75. The Bertz CT molecular complexity index is 574. The van der Waals surface area contributed by atoms with Crippen molar-refractivity contribution in [1.82, 2.24) is 15.5 Å². The molecule has 1 heterocycles. The molecule has 11 nitrogen and oxygen atoms in total. The standard InChI is InChI=1S/C15H26N4O7S/c1-7(21)11(18-12(22)8(16)5-20)14(24)19-4-2-3-10(19)13(23)17-9(6-27)15(25)26/h7-11,20-21,27H,2-6,16H2,1H3,(H,17,23)(H,18,22)(H,25,26). The summed E-state index contributed by atoms with van der Waals surface area (Å²) in [5, 5.41) is 32.4. The monoisotopic (exact) mass is 406 g/mol. The Labute approximate surface area is 161 Å². The van der Waals surface area contributed by atoms with Crippen molar-refractivity contribution >= 4 is 36.3 Å². The summed E-state index contributed by atoms with van der Waals surface area (Å²) in [4.78, 5) is 49.3. The number of carbonyl (C=O) groups excluding carboxylic acids is 3. The third-order valence-corrected chi connectivity index (χ3v) is 4.58. The summed E-state index contributed by atoms with van der Waals surface area (Å²) in [7, 11) is 0. The van der Waals surface area contributed by atoms with E-state index in [-0.39, 0.29) is 12.3 Å². The van der Waals surface area contributed by atoms with E-state index in [2.05, 4.69) is 23.3 Å². The van der Waals surface area contributed by atoms with Crippen molar-refractivity contribution in [3.05, 3.63) is 0 Å². The van der Waals surface area contributed by atoms with E-state index in [1.807, 2.05) is 0 Å². The highest BCUT2D eigenvalue weighted by Gasteiger charge is 2.40. The zero-order chi connectivity index (χ0) is 20.7. The van der Waals surface area contributed by atoms with E-state index in [9.17, 15) is 24.3 Å². The van der Waals surface area contributed by atoms with Gasteiger partial charge in [-0.25, -0.2) is 4.79 Å². The number of likely N-dealkylation sites (tertiary alicyclic amines) is 1. The number of carboxylic acid groups (broad SMARTS) is 1. The highest BCUT2D eigenvalue weighted by atomic mass is 32.1. The maximum Gasteiger partial charge on any atom is 0.327 e. The van der Waals surface area contributed by atoms with Crippen LogP contribution in [0.25, 0.3) is 0 Å². The van der Waals surface area contributed by atoms with Crippen LogP contribution in [0.2, 0.25) is 0 Å². The van der Waals surface area contributed by atoms with E-state index in [4.69, 9.17) is 15.9 Å². The molecule has 27 heavy (non-hydrogen) atoms. The summed E-state index contributed by atoms with van der Waals surface area (Å²) in [5.41, 5.74) is 5.40. The quantitative estimate of drug-likeness (QED) is 0.194. The molecule has 5 unspecified atom stereocenters. The molecule has 0 radical (unpaired) electrons. The third-order valence-electron chi connectivity index (χ3n) is 4.22. The smallest absolute Gasteiger partial charge is 0.327 e. The van der Waals surface area contributed by atoms with Gasteiger partial charge in [-0.15, -0.1) is 0 Å². The molecule has 0 aromatic heterocycles. The number of carboxylic acids is 1. The molecule has 154 valence electrons. The normalized spacial score (nSPS) is 21.1. The lowest BCUT2D eigenvalue weighted by molar-refractivity contribution is -0.145. The van der Waals surface area contributed by atoms with E-state index >= 15 is 0 Å². The molecule has 0 aromatic carbocycles. The van der Waals surface area contributed by atoms with Gasteiger partial charge in [0.1, 0.15) is 24.2 Å². The van der Waals surface area contributed by atoms with Crippen LogP contribution in [0.1, 0.15) is 19.8 Å². The molecule has 7 N–H and O–H groups in total. The lowest BCUT2D eigenvalue weighted by Crippen LogP contribution is -2.60. The van der Waals surface area contributed by atoms with Crippen LogP contribution in [0.4, 0.5) is 0 Å². The second kappa shape index (κ2) is 10.4. The van der Waals surface area contributed by atoms with Gasteiger partial charge < -0.3 is 36.6 Å². The first-order chi connectivity index (χ1) is 12.6. The Hall–Kier alpha value is -1.89. The average molecular weight is 406 g/mol. The Balaban J connectivity index is 2.89. The first kappa shape index (κ1) is 23.1. The number of thiol groups is 1. The first-order valence-electron chi connectivity index (χ1n) is 8.43. The zero-order valence-corrected chi connectivity index (χ0v) is 15.8. The SMILES string of the molecule is CC(O)C(NC(=O)C(N)CO)C(=O)N1CCCC1C(=O)NC(CS)C(=O)O. The number of hydrogen-bond donors (Lipinski definition) is 7. The van der Waals surface area contributed by atoms with Gasteiger partial charge in [0.2, 0.25) is 17.7 Å². The molecule has 0 aliphatic carbocycles. The summed E-state index contributed by atoms with van der Waals surface area (Å²) < 4.78 is 0. The van der Waals surface area contributed by atoms with Gasteiger partial charge in [0.05, 0.1) is 12.7 Å². The van der Waals surface area contributed by atoms with Gasteiger partial charge in [0.15, 0.2) is 0 Å². The minimum absolute atomic E-state index is 0.118. The molecule has 1 fully saturated rings. The second-order valence-electron chi connectivity index (χ2n) is 6.29. The fourth-order valence-electron chi connectivity index (χ4n) is 2.67. The van der Waals surface area contributed by atoms with Crippen molar-refractivity contribution in [1.29, 1.82) is 0 Å². The topological polar surface area (TPSA) is 182 Å². The number of nitrogens with one attached hydrogen (secondary N) is 2. The van der Waals surface area contributed by atoms with Crippen molar-refractivity contribution in [2.45, 2.75) is 50.0 Å². The predicted molar refractivity (Wildman–Crippen MR) is 96.8 cm³/mol. The van der Waals surface area contributed by atoms with Crippen molar-refractivity contribution in [2.75, 3.05) is 18.9 Å². The number of aliphatic hydroxyl groups excluding tert-OH is 2. The van der Waals surface area contributed by atoms with Crippen molar-refractivity contribution < 1.29 is 34.5 Å². The maximum absolute atomic E-state index is 12.8. The van der Waals surface area contributed by atoms with Gasteiger partial charge in [-0.05, 0) is 19.8 Å².